The van der Waals surface area contributed by atoms with Crippen LogP contribution in [0.1, 0.15) is 49.7 Å². The second kappa shape index (κ2) is 7.67. The summed E-state index contributed by atoms with van der Waals surface area (Å²) in [7, 11) is 0. The lowest BCUT2D eigenvalue weighted by molar-refractivity contribution is -0.133. The molecule has 4 aliphatic heterocycles. The summed E-state index contributed by atoms with van der Waals surface area (Å²) in [5.74, 6) is 3.48. The highest BCUT2D eigenvalue weighted by molar-refractivity contribution is 5.75. The van der Waals surface area contributed by atoms with Crippen molar-refractivity contribution in [2.24, 2.45) is 17.8 Å². The summed E-state index contributed by atoms with van der Waals surface area (Å²) in [6, 6.07) is 17.3. The van der Waals surface area contributed by atoms with Crippen molar-refractivity contribution >= 4 is 11.7 Å². The minimum atomic E-state index is -0.195. The van der Waals surface area contributed by atoms with Crippen molar-refractivity contribution in [3.63, 3.8) is 0 Å². The van der Waals surface area contributed by atoms with Crippen LogP contribution in [0.2, 0.25) is 0 Å². The Morgan fingerprint density at radius 3 is 2.87 bits per heavy atom. The Morgan fingerprint density at radius 1 is 1.16 bits per heavy atom. The lowest BCUT2D eigenvalue weighted by Crippen LogP contribution is -2.59. The summed E-state index contributed by atoms with van der Waals surface area (Å²) >= 11 is 0. The summed E-state index contributed by atoms with van der Waals surface area (Å²) in [5.41, 5.74) is 3.59. The van der Waals surface area contributed by atoms with Crippen molar-refractivity contribution in [3.8, 4) is 5.75 Å². The fraction of sp³-hybridized carbons (Fsp3) is 0.519. The molecule has 0 aromatic heterocycles. The van der Waals surface area contributed by atoms with Crippen LogP contribution in [0.15, 0.2) is 48.5 Å². The second-order valence-corrected chi connectivity index (χ2v) is 10.1. The van der Waals surface area contributed by atoms with E-state index < -0.39 is 0 Å². The first kappa shape index (κ1) is 19.4. The first-order valence-corrected chi connectivity index (χ1v) is 12.1. The third-order valence-electron chi connectivity index (χ3n) is 8.39. The van der Waals surface area contributed by atoms with E-state index in [9.17, 15) is 4.79 Å². The van der Waals surface area contributed by atoms with Crippen molar-refractivity contribution in [1.29, 1.82) is 0 Å². The van der Waals surface area contributed by atoms with Crippen LogP contribution in [0.4, 0.5) is 5.69 Å². The molecule has 0 spiro atoms. The molecule has 4 bridgehead atoms. The molecule has 1 saturated carbocycles. The molecule has 2 aromatic rings. The molecule has 1 aliphatic carbocycles. The summed E-state index contributed by atoms with van der Waals surface area (Å²) in [6.45, 7) is 4.89. The van der Waals surface area contributed by atoms with Crippen LogP contribution < -0.4 is 10.1 Å². The molecule has 4 nitrogen and oxygen atoms in total. The number of carbonyl (C=O) groups excluding carboxylic acids is 1. The Balaban J connectivity index is 1.22. The fourth-order valence-electron chi connectivity index (χ4n) is 7.21. The molecule has 7 atom stereocenters. The van der Waals surface area contributed by atoms with Gasteiger partial charge in [0.05, 0.1) is 6.42 Å². The molecule has 4 fully saturated rings. The molecule has 1 N–H and O–H groups in total. The first-order chi connectivity index (χ1) is 15.2. The van der Waals surface area contributed by atoms with E-state index in [0.29, 0.717) is 24.1 Å². The van der Waals surface area contributed by atoms with Gasteiger partial charge in [-0.3, -0.25) is 9.69 Å². The zero-order chi connectivity index (χ0) is 20.9. The van der Waals surface area contributed by atoms with Crippen molar-refractivity contribution in [3.05, 3.63) is 59.7 Å². The smallest absolute Gasteiger partial charge is 0.315 e. The van der Waals surface area contributed by atoms with E-state index >= 15 is 0 Å². The molecule has 0 radical (unpaired) electrons. The van der Waals surface area contributed by atoms with E-state index in [2.05, 4.69) is 29.3 Å². The third kappa shape index (κ3) is 3.36. The van der Waals surface area contributed by atoms with Gasteiger partial charge in [0.15, 0.2) is 0 Å². The van der Waals surface area contributed by atoms with E-state index in [4.69, 9.17) is 4.74 Å². The Bertz CT molecular complexity index is 974. The number of anilines is 1. The predicted octanol–water partition coefficient (Wildman–Crippen LogP) is 4.85. The van der Waals surface area contributed by atoms with Gasteiger partial charge in [0, 0.05) is 30.2 Å². The molecule has 162 valence electrons. The molecule has 2 aromatic carbocycles. The lowest BCUT2D eigenvalue weighted by atomic mass is 9.63. The standard InChI is InChI=1S/C27H32N2O2/c1-2-19-12-18-13-23-26-21(10-11-29(16-18)27(19)23)22-15-20(8-9-24(22)28-26)31-25(30)14-17-6-4-3-5-7-17/h3-9,15,18-19,21,23,26-28H,2,10-14,16H2,1H3. The van der Waals surface area contributed by atoms with Crippen molar-refractivity contribution < 1.29 is 9.53 Å². The van der Waals surface area contributed by atoms with Crippen molar-refractivity contribution in [2.45, 2.75) is 57.0 Å². The highest BCUT2D eigenvalue weighted by Gasteiger charge is 2.53. The molecule has 4 heterocycles. The summed E-state index contributed by atoms with van der Waals surface area (Å²) in [4.78, 5) is 15.3. The number of esters is 1. The van der Waals surface area contributed by atoms with Gasteiger partial charge >= 0.3 is 5.97 Å². The number of nitrogens with one attached hydrogen (secondary N) is 1. The van der Waals surface area contributed by atoms with Crippen LogP contribution in [0.25, 0.3) is 0 Å². The van der Waals surface area contributed by atoms with Gasteiger partial charge in [-0.15, -0.1) is 0 Å². The third-order valence-corrected chi connectivity index (χ3v) is 8.39. The van der Waals surface area contributed by atoms with Crippen LogP contribution in [-0.2, 0) is 11.2 Å². The van der Waals surface area contributed by atoms with Gasteiger partial charge in [-0.05, 0) is 72.9 Å². The van der Waals surface area contributed by atoms with Gasteiger partial charge in [-0.25, -0.2) is 0 Å². The van der Waals surface area contributed by atoms with Crippen molar-refractivity contribution in [2.75, 3.05) is 18.4 Å². The number of carbonyl (C=O) groups is 1. The van der Waals surface area contributed by atoms with E-state index in [1.165, 1.54) is 50.0 Å². The lowest BCUT2D eigenvalue weighted by Gasteiger charge is -2.54. The number of hydrogen-bond acceptors (Lipinski definition) is 4. The Morgan fingerprint density at radius 2 is 2.03 bits per heavy atom. The normalized spacial score (nSPS) is 34.9. The number of fused-ring (bicyclic) bond motifs is 4. The van der Waals surface area contributed by atoms with E-state index in [0.717, 1.165) is 29.4 Å². The van der Waals surface area contributed by atoms with Gasteiger partial charge in [0.1, 0.15) is 5.75 Å². The van der Waals surface area contributed by atoms with Crippen molar-refractivity contribution in [1.82, 2.24) is 4.90 Å². The van der Waals surface area contributed by atoms with Crippen LogP contribution in [0.3, 0.4) is 0 Å². The average Bonchev–Trinajstić information content (AvgIpc) is 3.10. The molecule has 4 heteroatoms. The highest BCUT2D eigenvalue weighted by atomic mass is 16.5. The number of benzene rings is 2. The molecule has 31 heavy (non-hydrogen) atoms. The number of ether oxygens (including phenoxy) is 1. The van der Waals surface area contributed by atoms with Gasteiger partial charge < -0.3 is 10.1 Å². The van der Waals surface area contributed by atoms with Gasteiger partial charge in [0.25, 0.3) is 0 Å². The Kier molecular flexibility index (Phi) is 4.79. The van der Waals surface area contributed by atoms with Crippen LogP contribution in [0.5, 0.6) is 5.75 Å². The number of rotatable bonds is 4. The monoisotopic (exact) mass is 416 g/mol. The SMILES string of the molecule is CCC1CC2CC3C4Nc5ccc(OC(=O)Cc6ccccc6)cc5C4CCN(C2)C13. The number of nitrogens with zero attached hydrogens (tertiary/aromatic N) is 1. The van der Waals surface area contributed by atoms with Crippen LogP contribution in [0, 0.1) is 17.8 Å². The minimum Gasteiger partial charge on any atom is -0.426 e. The average molecular weight is 417 g/mol. The molecule has 7 rings (SSSR count). The Labute approximate surface area is 185 Å². The zero-order valence-corrected chi connectivity index (χ0v) is 18.3. The topological polar surface area (TPSA) is 41.6 Å². The summed E-state index contributed by atoms with van der Waals surface area (Å²) < 4.78 is 5.75. The predicted molar refractivity (Wildman–Crippen MR) is 122 cm³/mol. The van der Waals surface area contributed by atoms with E-state index in [-0.39, 0.29) is 5.97 Å². The molecule has 0 amide bonds. The maximum absolute atomic E-state index is 12.5. The largest absolute Gasteiger partial charge is 0.426 e. The molecule has 3 saturated heterocycles. The van der Waals surface area contributed by atoms with Gasteiger partial charge in [0.2, 0.25) is 0 Å². The van der Waals surface area contributed by atoms with E-state index in [1.807, 2.05) is 36.4 Å². The number of hydrogen-bond donors (Lipinski definition) is 1. The van der Waals surface area contributed by atoms with Crippen LogP contribution >= 0.6 is 0 Å². The van der Waals surface area contributed by atoms with Crippen LogP contribution in [-0.4, -0.2) is 36.0 Å². The molecular formula is C27H32N2O2. The number of piperidine rings is 2. The van der Waals surface area contributed by atoms with Gasteiger partial charge in [-0.1, -0.05) is 43.7 Å². The zero-order valence-electron chi connectivity index (χ0n) is 18.3. The van der Waals surface area contributed by atoms with E-state index in [1.54, 1.807) is 0 Å². The quantitative estimate of drug-likeness (QED) is 0.571. The highest BCUT2D eigenvalue weighted by Crippen LogP contribution is 2.53. The summed E-state index contributed by atoms with van der Waals surface area (Å²) in [6.07, 6.45) is 5.61. The Hall–Kier alpha value is -2.33. The minimum absolute atomic E-state index is 0.195. The second-order valence-electron chi connectivity index (χ2n) is 10.1. The maximum atomic E-state index is 12.5. The molecular weight excluding hydrogens is 384 g/mol. The molecule has 5 aliphatic rings. The van der Waals surface area contributed by atoms with Gasteiger partial charge in [-0.2, -0.15) is 0 Å². The molecule has 7 unspecified atom stereocenters. The summed E-state index contributed by atoms with van der Waals surface area (Å²) in [5, 5.41) is 3.91. The fourth-order valence-corrected chi connectivity index (χ4v) is 7.21. The maximum Gasteiger partial charge on any atom is 0.315 e. The first-order valence-electron chi connectivity index (χ1n) is 12.1.